The molecule has 1 heterocycles. The predicted molar refractivity (Wildman–Crippen MR) is 103 cm³/mol. The minimum Gasteiger partial charge on any atom is -0.464 e. The first kappa shape index (κ1) is 20.6. The number of ketones is 1. The van der Waals surface area contributed by atoms with Crippen molar-refractivity contribution in [3.8, 4) is 0 Å². The van der Waals surface area contributed by atoms with Crippen molar-refractivity contribution in [3.63, 3.8) is 0 Å². The molecule has 1 unspecified atom stereocenters. The summed E-state index contributed by atoms with van der Waals surface area (Å²) >= 11 is 3.41. The van der Waals surface area contributed by atoms with E-state index in [9.17, 15) is 9.59 Å². The van der Waals surface area contributed by atoms with Gasteiger partial charge in [0.1, 0.15) is 0 Å². The van der Waals surface area contributed by atoms with Gasteiger partial charge < -0.3 is 9.47 Å². The van der Waals surface area contributed by atoms with Gasteiger partial charge in [0.05, 0.1) is 12.6 Å². The van der Waals surface area contributed by atoms with Crippen LogP contribution in [0.4, 0.5) is 0 Å². The fourth-order valence-corrected chi connectivity index (χ4v) is 2.87. The molecule has 0 N–H and O–H groups in total. The van der Waals surface area contributed by atoms with Crippen molar-refractivity contribution in [2.75, 3.05) is 13.7 Å². The van der Waals surface area contributed by atoms with Crippen molar-refractivity contribution in [3.05, 3.63) is 28.4 Å². The number of aromatic nitrogens is 2. The zero-order valence-electron chi connectivity index (χ0n) is 15.8. The molecule has 2 rings (SSSR count). The fourth-order valence-electron chi connectivity index (χ4n) is 2.51. The van der Waals surface area contributed by atoms with Crippen molar-refractivity contribution < 1.29 is 19.1 Å². The first-order valence-corrected chi connectivity index (χ1v) is 9.42. The molecule has 0 aliphatic rings. The number of fused-ring (bicyclic) bond motifs is 1. The maximum Gasteiger partial charge on any atom is 0.359 e. The first-order chi connectivity index (χ1) is 12.2. The van der Waals surface area contributed by atoms with Gasteiger partial charge in [-0.1, -0.05) is 50.0 Å². The minimum atomic E-state index is -0.899. The van der Waals surface area contributed by atoms with Crippen LogP contribution in [0.2, 0.25) is 0 Å². The Morgan fingerprint density at radius 2 is 2.00 bits per heavy atom. The number of halogens is 1. The lowest BCUT2D eigenvalue weighted by Crippen LogP contribution is -2.33. The van der Waals surface area contributed by atoms with Crippen LogP contribution in [0.5, 0.6) is 0 Å². The van der Waals surface area contributed by atoms with Crippen LogP contribution in [0.3, 0.4) is 0 Å². The Labute approximate surface area is 162 Å². The molecule has 0 amide bonds. The number of benzene rings is 1. The van der Waals surface area contributed by atoms with Crippen molar-refractivity contribution in [2.24, 2.45) is 5.41 Å². The zero-order chi connectivity index (χ0) is 19.5. The number of ether oxygens (including phenoxy) is 2. The van der Waals surface area contributed by atoms with Gasteiger partial charge in [-0.05, 0) is 24.6 Å². The average molecular weight is 425 g/mol. The lowest BCUT2D eigenvalue weighted by Gasteiger charge is -2.25. The Bertz CT molecular complexity index is 808. The van der Waals surface area contributed by atoms with E-state index in [0.29, 0.717) is 17.5 Å². The summed E-state index contributed by atoms with van der Waals surface area (Å²) in [4.78, 5) is 25.2. The molecule has 0 saturated heterocycles. The molecule has 26 heavy (non-hydrogen) atoms. The van der Waals surface area contributed by atoms with Crippen LogP contribution < -0.4 is 0 Å². The predicted octanol–water partition coefficient (Wildman–Crippen LogP) is 4.52. The summed E-state index contributed by atoms with van der Waals surface area (Å²) < 4.78 is 13.1. The standard InChI is InChI=1S/C19H25BrN2O4/c1-6-7-10-26-17(16(23)19(2,3)4)22-14-9-8-12(20)11-13(14)15(21-22)18(24)25-5/h8-9,11,17H,6-7,10H2,1-5H3. The van der Waals surface area contributed by atoms with Gasteiger partial charge in [-0.3, -0.25) is 4.79 Å². The highest BCUT2D eigenvalue weighted by molar-refractivity contribution is 9.10. The van der Waals surface area contributed by atoms with Crippen LogP contribution in [0, 0.1) is 5.41 Å². The third-order valence-corrected chi connectivity index (χ3v) is 4.50. The van der Waals surface area contributed by atoms with Gasteiger partial charge in [-0.15, -0.1) is 0 Å². The van der Waals surface area contributed by atoms with E-state index in [4.69, 9.17) is 9.47 Å². The van der Waals surface area contributed by atoms with Gasteiger partial charge >= 0.3 is 5.97 Å². The normalized spacial score (nSPS) is 13.0. The number of hydrogen-bond acceptors (Lipinski definition) is 5. The molecule has 0 aliphatic heterocycles. The van der Waals surface area contributed by atoms with E-state index in [1.54, 1.807) is 6.07 Å². The second-order valence-corrected chi connectivity index (χ2v) is 8.05. The van der Waals surface area contributed by atoms with E-state index in [2.05, 4.69) is 28.0 Å². The van der Waals surface area contributed by atoms with Crippen LogP contribution in [-0.2, 0) is 14.3 Å². The van der Waals surface area contributed by atoms with Gasteiger partial charge in [0.2, 0.25) is 6.23 Å². The Kier molecular flexibility index (Phi) is 6.58. The molecule has 1 atom stereocenters. The molecule has 0 aliphatic carbocycles. The number of unbranched alkanes of at least 4 members (excludes halogenated alkanes) is 1. The molecule has 0 bridgehead atoms. The Hall–Kier alpha value is -1.73. The summed E-state index contributed by atoms with van der Waals surface area (Å²) in [5.74, 6) is -0.653. The molecule has 1 aromatic carbocycles. The van der Waals surface area contributed by atoms with Gasteiger partial charge in [0, 0.05) is 21.9 Å². The van der Waals surface area contributed by atoms with Gasteiger partial charge in [-0.25, -0.2) is 9.48 Å². The molecule has 0 spiro atoms. The van der Waals surface area contributed by atoms with E-state index in [1.165, 1.54) is 11.8 Å². The molecule has 0 fully saturated rings. The number of hydrogen-bond donors (Lipinski definition) is 0. The number of Topliss-reactive ketones (excluding diaryl/α,β-unsaturated/α-hetero) is 1. The van der Waals surface area contributed by atoms with Gasteiger partial charge in [0.25, 0.3) is 0 Å². The third kappa shape index (κ3) is 4.32. The zero-order valence-corrected chi connectivity index (χ0v) is 17.4. The highest BCUT2D eigenvalue weighted by Gasteiger charge is 2.34. The monoisotopic (exact) mass is 424 g/mol. The lowest BCUT2D eigenvalue weighted by atomic mass is 9.89. The van der Waals surface area contributed by atoms with Crippen LogP contribution in [0.25, 0.3) is 10.9 Å². The maximum absolute atomic E-state index is 13.0. The summed E-state index contributed by atoms with van der Waals surface area (Å²) in [6.45, 7) is 8.02. The number of rotatable bonds is 7. The van der Waals surface area contributed by atoms with Crippen LogP contribution in [-0.4, -0.2) is 35.2 Å². The molecule has 142 valence electrons. The summed E-state index contributed by atoms with van der Waals surface area (Å²) in [5, 5.41) is 5.00. The highest BCUT2D eigenvalue weighted by Crippen LogP contribution is 2.30. The third-order valence-electron chi connectivity index (χ3n) is 4.01. The molecule has 2 aromatic rings. The maximum atomic E-state index is 13.0. The number of nitrogens with zero attached hydrogens (tertiary/aromatic N) is 2. The molecule has 1 aromatic heterocycles. The second-order valence-electron chi connectivity index (χ2n) is 7.14. The SMILES string of the molecule is CCCCOC(C(=O)C(C)(C)C)n1nc(C(=O)OC)c2cc(Br)ccc21. The van der Waals surface area contributed by atoms with Crippen molar-refractivity contribution in [1.82, 2.24) is 9.78 Å². The van der Waals surface area contributed by atoms with E-state index in [1.807, 2.05) is 32.9 Å². The number of esters is 1. The molecule has 0 saturated carbocycles. The van der Waals surface area contributed by atoms with E-state index >= 15 is 0 Å². The molecule has 6 nitrogen and oxygen atoms in total. The first-order valence-electron chi connectivity index (χ1n) is 8.62. The van der Waals surface area contributed by atoms with Gasteiger partial charge in [0.15, 0.2) is 11.5 Å². The Morgan fingerprint density at radius 1 is 1.31 bits per heavy atom. The van der Waals surface area contributed by atoms with Crippen LogP contribution >= 0.6 is 15.9 Å². The summed E-state index contributed by atoms with van der Waals surface area (Å²) in [7, 11) is 1.31. The van der Waals surface area contributed by atoms with Crippen LogP contribution in [0.15, 0.2) is 22.7 Å². The largest absolute Gasteiger partial charge is 0.464 e. The fraction of sp³-hybridized carbons (Fsp3) is 0.526. The molecular weight excluding hydrogens is 400 g/mol. The smallest absolute Gasteiger partial charge is 0.359 e. The van der Waals surface area contributed by atoms with E-state index in [-0.39, 0.29) is 11.5 Å². The highest BCUT2D eigenvalue weighted by atomic mass is 79.9. The number of carbonyl (C=O) groups is 2. The van der Waals surface area contributed by atoms with Crippen molar-refractivity contribution in [2.45, 2.75) is 46.8 Å². The van der Waals surface area contributed by atoms with Crippen LogP contribution in [0.1, 0.15) is 57.3 Å². The molecule has 0 radical (unpaired) electrons. The van der Waals surface area contributed by atoms with E-state index in [0.717, 1.165) is 17.3 Å². The van der Waals surface area contributed by atoms with Gasteiger partial charge in [-0.2, -0.15) is 5.10 Å². The summed E-state index contributed by atoms with van der Waals surface area (Å²) in [5.41, 5.74) is 0.193. The molecular formula is C19H25BrN2O4. The number of methoxy groups -OCH3 is 1. The Morgan fingerprint density at radius 3 is 2.58 bits per heavy atom. The summed E-state index contributed by atoms with van der Waals surface area (Å²) in [6.07, 6.45) is 0.891. The van der Waals surface area contributed by atoms with E-state index < -0.39 is 17.6 Å². The van der Waals surface area contributed by atoms with Crippen molar-refractivity contribution in [1.29, 1.82) is 0 Å². The lowest BCUT2D eigenvalue weighted by molar-refractivity contribution is -0.145. The quantitative estimate of drug-likeness (QED) is 0.482. The second kappa shape index (κ2) is 8.31. The minimum absolute atomic E-state index is 0.0997. The number of carbonyl (C=O) groups excluding carboxylic acids is 2. The Balaban J connectivity index is 2.61. The topological polar surface area (TPSA) is 70.4 Å². The summed E-state index contributed by atoms with van der Waals surface area (Å²) in [6, 6.07) is 5.44. The molecule has 7 heteroatoms. The van der Waals surface area contributed by atoms with Crippen molar-refractivity contribution >= 4 is 38.6 Å². The average Bonchev–Trinajstić information content (AvgIpc) is 2.95.